The molecule has 0 aliphatic heterocycles. The maximum atomic E-state index is 6.55. The number of hydrogen-bond donors (Lipinski definition) is 1. The number of rotatable bonds is 4. The monoisotopic (exact) mass is 275 g/mol. The van der Waals surface area contributed by atoms with E-state index < -0.39 is 0 Å². The van der Waals surface area contributed by atoms with Gasteiger partial charge in [0.25, 0.3) is 0 Å². The molecule has 20 heavy (non-hydrogen) atoms. The summed E-state index contributed by atoms with van der Waals surface area (Å²) in [5.41, 5.74) is 13.8. The van der Waals surface area contributed by atoms with Gasteiger partial charge in [0.1, 0.15) is 0 Å². The molecule has 0 saturated carbocycles. The topological polar surface area (TPSA) is 26.0 Å². The summed E-state index contributed by atoms with van der Waals surface area (Å²) in [5.74, 6) is 0.657. The van der Waals surface area contributed by atoms with Gasteiger partial charge in [0.2, 0.25) is 0 Å². The Labute approximate surface area is 126 Å². The van der Waals surface area contributed by atoms with E-state index in [0.29, 0.717) is 11.3 Å². The first-order valence-corrected chi connectivity index (χ1v) is 7.86. The second-order valence-corrected chi connectivity index (χ2v) is 7.89. The lowest BCUT2D eigenvalue weighted by atomic mass is 9.80. The highest BCUT2D eigenvalue weighted by Crippen LogP contribution is 2.33. The Hall–Kier alpha value is -0.820. The van der Waals surface area contributed by atoms with Crippen molar-refractivity contribution >= 4 is 0 Å². The summed E-state index contributed by atoms with van der Waals surface area (Å²) in [7, 11) is 0. The van der Waals surface area contributed by atoms with Crippen LogP contribution in [0.25, 0.3) is 0 Å². The Morgan fingerprint density at radius 1 is 1.00 bits per heavy atom. The minimum Gasteiger partial charge on any atom is -0.324 e. The summed E-state index contributed by atoms with van der Waals surface area (Å²) in [6, 6.07) is 2.44. The number of nitrogens with two attached hydrogens (primary N) is 1. The molecule has 1 heteroatoms. The summed E-state index contributed by atoms with van der Waals surface area (Å²) in [5, 5.41) is 0. The van der Waals surface area contributed by atoms with Crippen LogP contribution in [0.1, 0.15) is 74.4 Å². The largest absolute Gasteiger partial charge is 0.324 e. The molecule has 1 nitrogen and oxygen atoms in total. The van der Waals surface area contributed by atoms with Gasteiger partial charge < -0.3 is 5.73 Å². The van der Waals surface area contributed by atoms with Gasteiger partial charge in [-0.2, -0.15) is 0 Å². The van der Waals surface area contributed by atoms with Crippen molar-refractivity contribution in [2.24, 2.45) is 17.1 Å². The molecule has 0 amide bonds. The Balaban J connectivity index is 2.96. The molecule has 0 aromatic heterocycles. The van der Waals surface area contributed by atoms with E-state index in [4.69, 9.17) is 5.73 Å². The third-order valence-electron chi connectivity index (χ3n) is 4.41. The van der Waals surface area contributed by atoms with Crippen molar-refractivity contribution in [3.05, 3.63) is 33.9 Å². The average Bonchev–Trinajstić information content (AvgIpc) is 2.23. The predicted molar refractivity (Wildman–Crippen MR) is 90.2 cm³/mol. The molecule has 2 atom stereocenters. The van der Waals surface area contributed by atoms with Gasteiger partial charge in [-0.05, 0) is 79.7 Å². The van der Waals surface area contributed by atoms with Crippen molar-refractivity contribution in [2.75, 3.05) is 0 Å². The first kappa shape index (κ1) is 17.2. The molecule has 0 aliphatic carbocycles. The lowest BCUT2D eigenvalue weighted by Crippen LogP contribution is -2.20. The normalized spacial score (nSPS) is 15.2. The zero-order chi connectivity index (χ0) is 15.7. The van der Waals surface area contributed by atoms with Crippen LogP contribution in [0.5, 0.6) is 0 Å². The Bertz CT molecular complexity index is 439. The fourth-order valence-corrected chi connectivity index (χ4v) is 3.48. The maximum absolute atomic E-state index is 6.55. The summed E-state index contributed by atoms with van der Waals surface area (Å²) in [6.45, 7) is 18.1. The number of benzene rings is 1. The summed E-state index contributed by atoms with van der Waals surface area (Å²) < 4.78 is 0. The van der Waals surface area contributed by atoms with Gasteiger partial charge in [-0.1, -0.05) is 33.8 Å². The molecule has 0 bridgehead atoms. The van der Waals surface area contributed by atoms with E-state index in [2.05, 4.69) is 61.5 Å². The predicted octanol–water partition coefficient (Wildman–Crippen LogP) is 5.38. The van der Waals surface area contributed by atoms with Crippen molar-refractivity contribution in [3.63, 3.8) is 0 Å². The van der Waals surface area contributed by atoms with Gasteiger partial charge in [-0.3, -0.25) is 0 Å². The molecular weight excluding hydrogens is 242 g/mol. The van der Waals surface area contributed by atoms with Gasteiger partial charge in [-0.15, -0.1) is 0 Å². The molecule has 0 heterocycles. The van der Waals surface area contributed by atoms with E-state index in [1.54, 1.807) is 0 Å². The van der Waals surface area contributed by atoms with Crippen LogP contribution >= 0.6 is 0 Å². The fraction of sp³-hybridized carbons (Fsp3) is 0.684. The Kier molecular flexibility index (Phi) is 5.43. The van der Waals surface area contributed by atoms with Crippen LogP contribution in [0.2, 0.25) is 0 Å². The minimum atomic E-state index is 0.158. The lowest BCUT2D eigenvalue weighted by molar-refractivity contribution is 0.286. The molecule has 0 saturated heterocycles. The molecule has 114 valence electrons. The Morgan fingerprint density at radius 3 is 1.85 bits per heavy atom. The first-order chi connectivity index (χ1) is 9.03. The van der Waals surface area contributed by atoms with E-state index in [-0.39, 0.29) is 6.04 Å². The van der Waals surface area contributed by atoms with Crippen LogP contribution in [0.15, 0.2) is 6.07 Å². The highest BCUT2D eigenvalue weighted by Gasteiger charge is 2.21. The third-order valence-corrected chi connectivity index (χ3v) is 4.41. The Morgan fingerprint density at radius 2 is 1.45 bits per heavy atom. The lowest BCUT2D eigenvalue weighted by Gasteiger charge is -2.27. The molecule has 0 spiro atoms. The standard InChI is InChI=1S/C19H33N/c1-12(11-19(6,7)8)9-17(20)18-15(4)13(2)10-14(3)16(18)5/h10,12,17H,9,11,20H2,1-8H3. The van der Waals surface area contributed by atoms with Crippen molar-refractivity contribution in [1.82, 2.24) is 0 Å². The van der Waals surface area contributed by atoms with Gasteiger partial charge in [0.15, 0.2) is 0 Å². The minimum absolute atomic E-state index is 0.158. The summed E-state index contributed by atoms with van der Waals surface area (Å²) in [4.78, 5) is 0. The van der Waals surface area contributed by atoms with Gasteiger partial charge in [0, 0.05) is 6.04 Å². The quantitative estimate of drug-likeness (QED) is 0.784. The zero-order valence-electron chi connectivity index (χ0n) is 14.7. The van der Waals surface area contributed by atoms with Crippen molar-refractivity contribution in [2.45, 2.75) is 74.3 Å². The van der Waals surface area contributed by atoms with Crippen molar-refractivity contribution in [3.8, 4) is 0 Å². The molecule has 2 unspecified atom stereocenters. The molecule has 1 aromatic rings. The number of aryl methyl sites for hydroxylation is 2. The van der Waals surface area contributed by atoms with Gasteiger partial charge in [0.05, 0.1) is 0 Å². The molecular formula is C19H33N. The third kappa shape index (κ3) is 4.34. The van der Waals surface area contributed by atoms with Crippen LogP contribution in [-0.4, -0.2) is 0 Å². The number of hydrogen-bond acceptors (Lipinski definition) is 1. The smallest absolute Gasteiger partial charge is 0.0302 e. The molecule has 1 aromatic carbocycles. The van der Waals surface area contributed by atoms with E-state index in [0.717, 1.165) is 6.42 Å². The highest BCUT2D eigenvalue weighted by molar-refractivity contribution is 5.45. The summed E-state index contributed by atoms with van der Waals surface area (Å²) >= 11 is 0. The van der Waals surface area contributed by atoms with Gasteiger partial charge >= 0.3 is 0 Å². The second-order valence-electron chi connectivity index (χ2n) is 7.89. The molecule has 0 aliphatic rings. The first-order valence-electron chi connectivity index (χ1n) is 7.86. The van der Waals surface area contributed by atoms with Crippen molar-refractivity contribution < 1.29 is 0 Å². The van der Waals surface area contributed by atoms with E-state index >= 15 is 0 Å². The van der Waals surface area contributed by atoms with E-state index in [1.807, 2.05) is 0 Å². The van der Waals surface area contributed by atoms with Crippen molar-refractivity contribution in [1.29, 1.82) is 0 Å². The summed E-state index contributed by atoms with van der Waals surface area (Å²) in [6.07, 6.45) is 2.30. The van der Waals surface area contributed by atoms with Crippen LogP contribution in [0, 0.1) is 39.0 Å². The van der Waals surface area contributed by atoms with Crippen LogP contribution in [0.3, 0.4) is 0 Å². The maximum Gasteiger partial charge on any atom is 0.0302 e. The molecule has 2 N–H and O–H groups in total. The molecule has 0 radical (unpaired) electrons. The van der Waals surface area contributed by atoms with E-state index in [9.17, 15) is 0 Å². The average molecular weight is 275 g/mol. The fourth-order valence-electron chi connectivity index (χ4n) is 3.48. The zero-order valence-corrected chi connectivity index (χ0v) is 14.7. The SMILES string of the molecule is Cc1cc(C)c(C)c(C(N)CC(C)CC(C)(C)C)c1C. The molecule has 0 fully saturated rings. The molecule has 1 rings (SSSR count). The van der Waals surface area contributed by atoms with Crippen LogP contribution in [0.4, 0.5) is 0 Å². The second kappa shape index (κ2) is 6.30. The highest BCUT2D eigenvalue weighted by atomic mass is 14.6. The van der Waals surface area contributed by atoms with Crippen LogP contribution in [-0.2, 0) is 0 Å². The van der Waals surface area contributed by atoms with Gasteiger partial charge in [-0.25, -0.2) is 0 Å². The van der Waals surface area contributed by atoms with Crippen LogP contribution < -0.4 is 5.73 Å². The van der Waals surface area contributed by atoms with E-state index in [1.165, 1.54) is 34.2 Å².